The van der Waals surface area contributed by atoms with E-state index in [1.165, 1.54) is 14.2 Å². The number of nitrogens with two attached hydrogens (primary N) is 1. The largest absolute Gasteiger partial charge is 0.496 e. The molecule has 0 unspecified atom stereocenters. The number of hydrogen-bond acceptors (Lipinski definition) is 8. The molecule has 3 heterocycles. The van der Waals surface area contributed by atoms with Crippen LogP contribution >= 0.6 is 0 Å². The van der Waals surface area contributed by atoms with Gasteiger partial charge >= 0.3 is 5.97 Å². The molecule has 3 aliphatic heterocycles. The fourth-order valence-corrected chi connectivity index (χ4v) is 5.90. The van der Waals surface area contributed by atoms with Crippen LogP contribution in [0.25, 0.3) is 11.1 Å². The molecule has 0 radical (unpaired) electrons. The first kappa shape index (κ1) is 33.3. The van der Waals surface area contributed by atoms with Crippen LogP contribution in [0.3, 0.4) is 0 Å². The number of carboxylic acids is 1. The summed E-state index contributed by atoms with van der Waals surface area (Å²) in [5.41, 5.74) is 9.55. The molecular formula is C35H40N4O8. The number of nitrogens with one attached hydrogen (secondary N) is 3. The maximum atomic E-state index is 13.9. The van der Waals surface area contributed by atoms with E-state index in [4.69, 9.17) is 19.9 Å². The summed E-state index contributed by atoms with van der Waals surface area (Å²) in [6, 6.07) is 11.4. The monoisotopic (exact) mass is 644 g/mol. The van der Waals surface area contributed by atoms with Gasteiger partial charge < -0.3 is 41.0 Å². The Balaban J connectivity index is 1.76. The zero-order valence-corrected chi connectivity index (χ0v) is 26.8. The van der Waals surface area contributed by atoms with E-state index in [-0.39, 0.29) is 25.2 Å². The first-order valence-electron chi connectivity index (χ1n) is 15.6. The zero-order valence-electron chi connectivity index (χ0n) is 26.8. The fraction of sp³-hybridized carbons (Fsp3) is 0.371. The first-order chi connectivity index (χ1) is 22.5. The van der Waals surface area contributed by atoms with Crippen molar-refractivity contribution in [2.45, 2.75) is 63.7 Å². The molecular weight excluding hydrogens is 604 g/mol. The van der Waals surface area contributed by atoms with E-state index >= 15 is 0 Å². The average molecular weight is 645 g/mol. The van der Waals surface area contributed by atoms with Crippen molar-refractivity contribution >= 4 is 23.7 Å². The van der Waals surface area contributed by atoms with Crippen LogP contribution in [0.4, 0.5) is 0 Å². The summed E-state index contributed by atoms with van der Waals surface area (Å²) in [4.78, 5) is 53.4. The van der Waals surface area contributed by atoms with Crippen molar-refractivity contribution < 1.29 is 38.5 Å². The molecule has 0 spiro atoms. The highest BCUT2D eigenvalue weighted by atomic mass is 16.5. The fourth-order valence-electron chi connectivity index (χ4n) is 5.90. The Morgan fingerprint density at radius 1 is 0.872 bits per heavy atom. The number of methoxy groups -OCH3 is 2. The number of ether oxygens (including phenoxy) is 3. The Morgan fingerprint density at radius 3 is 2.23 bits per heavy atom. The Bertz CT molecular complexity index is 1670. The molecule has 3 amide bonds. The molecule has 12 nitrogen and oxygen atoms in total. The lowest BCUT2D eigenvalue weighted by molar-refractivity contribution is -0.142. The highest BCUT2D eigenvalue weighted by molar-refractivity contribution is 5.94. The van der Waals surface area contributed by atoms with Gasteiger partial charge in [0.2, 0.25) is 17.7 Å². The highest BCUT2D eigenvalue weighted by Gasteiger charge is 2.34. The predicted molar refractivity (Wildman–Crippen MR) is 173 cm³/mol. The van der Waals surface area contributed by atoms with Gasteiger partial charge in [-0.05, 0) is 65.4 Å². The quantitative estimate of drug-likeness (QED) is 0.279. The van der Waals surface area contributed by atoms with Gasteiger partial charge in [0, 0.05) is 24.0 Å². The van der Waals surface area contributed by atoms with E-state index < -0.39 is 47.9 Å². The van der Waals surface area contributed by atoms with E-state index in [1.54, 1.807) is 36.4 Å². The summed E-state index contributed by atoms with van der Waals surface area (Å²) >= 11 is 0. The highest BCUT2D eigenvalue weighted by Crippen LogP contribution is 2.45. The van der Waals surface area contributed by atoms with Crippen molar-refractivity contribution in [1.82, 2.24) is 16.0 Å². The summed E-state index contributed by atoms with van der Waals surface area (Å²) in [5, 5.41) is 18.2. The first-order valence-corrected chi connectivity index (χ1v) is 15.6. The summed E-state index contributed by atoms with van der Waals surface area (Å²) in [5.74, 6) is -1.62. The normalized spacial score (nSPS) is 22.0. The molecule has 12 heteroatoms. The molecule has 0 aromatic heterocycles. The summed E-state index contributed by atoms with van der Waals surface area (Å²) in [6.45, 7) is 3.70. The van der Waals surface area contributed by atoms with Crippen molar-refractivity contribution in [3.63, 3.8) is 0 Å². The molecule has 8 bridgehead atoms. The molecule has 0 saturated heterocycles. The summed E-state index contributed by atoms with van der Waals surface area (Å²) in [7, 11) is 3.06. The number of rotatable bonds is 5. The minimum absolute atomic E-state index is 0.000357. The number of hydrogen-bond donors (Lipinski definition) is 5. The molecule has 47 heavy (non-hydrogen) atoms. The maximum absolute atomic E-state index is 13.9. The van der Waals surface area contributed by atoms with Gasteiger partial charge in [0.25, 0.3) is 0 Å². The molecule has 0 aliphatic carbocycles. The number of aliphatic carboxylic acids is 1. The van der Waals surface area contributed by atoms with Crippen LogP contribution in [0.1, 0.15) is 37.0 Å². The van der Waals surface area contributed by atoms with Gasteiger partial charge in [-0.15, -0.1) is 0 Å². The van der Waals surface area contributed by atoms with Gasteiger partial charge in [-0.3, -0.25) is 14.4 Å². The lowest BCUT2D eigenvalue weighted by Crippen LogP contribution is -2.59. The molecule has 6 rings (SSSR count). The Kier molecular flexibility index (Phi) is 10.00. The number of amides is 3. The molecule has 248 valence electrons. The van der Waals surface area contributed by atoms with Crippen LogP contribution in [0.5, 0.6) is 23.0 Å². The molecule has 0 fully saturated rings. The third-order valence-electron chi connectivity index (χ3n) is 8.74. The van der Waals surface area contributed by atoms with Crippen LogP contribution in [-0.4, -0.2) is 67.2 Å². The van der Waals surface area contributed by atoms with E-state index in [0.717, 1.165) is 5.56 Å². The van der Waals surface area contributed by atoms with Gasteiger partial charge in [-0.1, -0.05) is 38.5 Å². The molecule has 0 saturated carbocycles. The maximum Gasteiger partial charge on any atom is 0.326 e. The van der Waals surface area contributed by atoms with Crippen LogP contribution in [0, 0.1) is 5.92 Å². The molecule has 6 N–H and O–H groups in total. The second-order valence-corrected chi connectivity index (χ2v) is 12.0. The Hall–Kier alpha value is -5.10. The van der Waals surface area contributed by atoms with E-state index in [0.29, 0.717) is 51.7 Å². The molecule has 5 atom stereocenters. The van der Waals surface area contributed by atoms with Gasteiger partial charge in [0.1, 0.15) is 29.6 Å². The summed E-state index contributed by atoms with van der Waals surface area (Å²) < 4.78 is 18.0. The third kappa shape index (κ3) is 7.33. The van der Waals surface area contributed by atoms with Crippen LogP contribution in [-0.2, 0) is 38.4 Å². The lowest BCUT2D eigenvalue weighted by atomic mass is 9.94. The lowest BCUT2D eigenvalue weighted by Gasteiger charge is -2.28. The van der Waals surface area contributed by atoms with Crippen molar-refractivity contribution in [1.29, 1.82) is 0 Å². The zero-order chi connectivity index (χ0) is 33.8. The van der Waals surface area contributed by atoms with Crippen molar-refractivity contribution in [3.05, 3.63) is 71.3 Å². The van der Waals surface area contributed by atoms with Crippen LogP contribution in [0.2, 0.25) is 0 Å². The minimum atomic E-state index is -1.28. The van der Waals surface area contributed by atoms with Gasteiger partial charge in [-0.2, -0.15) is 0 Å². The number of benzene rings is 3. The summed E-state index contributed by atoms with van der Waals surface area (Å²) in [6.07, 6.45) is 0.670. The third-order valence-corrected chi connectivity index (χ3v) is 8.74. The average Bonchev–Trinajstić information content (AvgIpc) is 3.05. The Labute approximate surface area is 273 Å². The van der Waals surface area contributed by atoms with Crippen LogP contribution in [0.15, 0.2) is 54.6 Å². The SMILES string of the molecule is CC[C@H](C)[C@@H]1NC(=O)[C@@H](N)Cc2ccc(OC)c(c2)-c2cc3cc(c2OC)Oc2ccc(cc2)C[C@@H](C(=O)O)NC(=O)[C@H](C3)NC1=O. The molecule has 3 aliphatic rings. The van der Waals surface area contributed by atoms with Crippen molar-refractivity contribution in [2.24, 2.45) is 11.7 Å². The smallest absolute Gasteiger partial charge is 0.326 e. The topological polar surface area (TPSA) is 178 Å². The number of carboxylic acid groups (broad SMARTS) is 1. The predicted octanol–water partition coefficient (Wildman–Crippen LogP) is 2.73. The number of fused-ring (bicyclic) bond motifs is 9. The van der Waals surface area contributed by atoms with Gasteiger partial charge in [0.05, 0.1) is 20.3 Å². The minimum Gasteiger partial charge on any atom is -0.496 e. The number of carbonyl (C=O) groups is 4. The van der Waals surface area contributed by atoms with Gasteiger partial charge in [0.15, 0.2) is 11.5 Å². The number of carbonyl (C=O) groups excluding carboxylic acids is 3. The Morgan fingerprint density at radius 2 is 1.57 bits per heavy atom. The molecule has 3 aromatic carbocycles. The van der Waals surface area contributed by atoms with Crippen molar-refractivity contribution in [2.75, 3.05) is 14.2 Å². The molecule has 3 aromatic rings. The second kappa shape index (κ2) is 14.1. The second-order valence-electron chi connectivity index (χ2n) is 12.0. The van der Waals surface area contributed by atoms with Crippen molar-refractivity contribution in [3.8, 4) is 34.1 Å². The standard InChI is InChI=1S/C35H40N4O8/c1-5-18(2)30-34(42)37-26-16-21-13-24(23-12-20(8-11-28(23)45-3)14-25(36)32(40)39-30)31(46-4)29(17-21)47-22-9-6-19(7-10-22)15-27(35(43)44)38-33(26)41/h6-13,17-18,25-27,30H,5,14-16,36H2,1-4H3,(H,37,42)(H,38,41)(H,39,40)(H,43,44)/t18-,25-,26-,27-,30-/m0/s1. The van der Waals surface area contributed by atoms with Crippen LogP contribution < -0.4 is 35.9 Å². The van der Waals surface area contributed by atoms with E-state index in [9.17, 15) is 24.3 Å². The van der Waals surface area contributed by atoms with E-state index in [1.807, 2.05) is 32.0 Å². The van der Waals surface area contributed by atoms with E-state index in [2.05, 4.69) is 16.0 Å². The van der Waals surface area contributed by atoms with Gasteiger partial charge in [-0.25, -0.2) is 4.79 Å².